The largest absolute Gasteiger partial charge is 0.472 e. The molecule has 1 amide bonds. The Kier molecular flexibility index (Phi) is 41.2. The predicted octanol–water partition coefficient (Wildman–Crippen LogP) is 5.39. The molecule has 4 unspecified atom stereocenters. The fourth-order valence-electron chi connectivity index (χ4n) is 11.6. The summed E-state index contributed by atoms with van der Waals surface area (Å²) in [5.74, 6) is -0.436. The molecule has 0 spiro atoms. The number of carbonyl (C=O) groups is 1. The van der Waals surface area contributed by atoms with Crippen molar-refractivity contribution in [2.75, 3.05) is 13.2 Å². The Bertz CT molecular complexity index is 1850. The monoisotopic (exact) mass is 1300 g/mol. The average molecular weight is 1300 g/mol. The van der Waals surface area contributed by atoms with E-state index in [2.05, 4.69) is 19.2 Å². The van der Waals surface area contributed by atoms with Crippen molar-refractivity contribution in [2.24, 2.45) is 0 Å². The van der Waals surface area contributed by atoms with Gasteiger partial charge in [-0.15, -0.1) is 0 Å². The third kappa shape index (κ3) is 30.4. The van der Waals surface area contributed by atoms with Crippen molar-refractivity contribution in [3.05, 3.63) is 0 Å². The highest BCUT2D eigenvalue weighted by Gasteiger charge is 2.56. The van der Waals surface area contributed by atoms with Crippen LogP contribution in [0.4, 0.5) is 0 Å². The van der Waals surface area contributed by atoms with Crippen molar-refractivity contribution in [1.29, 1.82) is 0 Å². The van der Waals surface area contributed by atoms with Crippen LogP contribution in [0, 0.1) is 0 Å². The number of phosphoric acid groups is 2. The lowest BCUT2D eigenvalue weighted by atomic mass is 9.84. The molecular weight excluding hydrogens is 1180 g/mol. The summed E-state index contributed by atoms with van der Waals surface area (Å²) in [7, 11) is -11.0. The number of aliphatic hydroxyl groups excluding tert-OH is 13. The number of aliphatic hydroxyl groups is 13. The summed E-state index contributed by atoms with van der Waals surface area (Å²) in [6.07, 6.45) is 1.00. The first kappa shape index (κ1) is 80.3. The van der Waals surface area contributed by atoms with Gasteiger partial charge in [0.2, 0.25) is 5.91 Å². The fraction of sp³-hybridized carbons (Fsp3) is 0.983. The highest BCUT2D eigenvalue weighted by Crippen LogP contribution is 2.49. The van der Waals surface area contributed by atoms with E-state index >= 15 is 0 Å². The van der Waals surface area contributed by atoms with Gasteiger partial charge in [-0.3, -0.25) is 22.9 Å². The van der Waals surface area contributed by atoms with Crippen molar-refractivity contribution in [2.45, 2.75) is 361 Å². The van der Waals surface area contributed by atoms with Crippen molar-refractivity contribution in [1.82, 2.24) is 5.32 Å². The van der Waals surface area contributed by atoms with E-state index in [1.807, 2.05) is 0 Å². The zero-order chi connectivity index (χ0) is 64.4. The zero-order valence-corrected chi connectivity index (χ0v) is 53.9. The van der Waals surface area contributed by atoms with Gasteiger partial charge in [-0.1, -0.05) is 226 Å². The number of unbranched alkanes of at least 4 members (excludes halogenated alkanes) is 32. The van der Waals surface area contributed by atoms with Gasteiger partial charge in [0.15, 0.2) is 6.29 Å². The second-order valence-electron chi connectivity index (χ2n) is 24.8. The first-order valence-electron chi connectivity index (χ1n) is 33.2. The number of rotatable bonds is 50. The summed E-state index contributed by atoms with van der Waals surface area (Å²) in [6, 6.07) is -1.24. The Morgan fingerprint density at radius 2 is 0.736 bits per heavy atom. The Hall–Kier alpha value is -0.910. The van der Waals surface area contributed by atoms with Crippen molar-refractivity contribution in [3.8, 4) is 0 Å². The molecule has 0 bridgehead atoms. The lowest BCUT2D eigenvalue weighted by Crippen LogP contribution is -2.67. The van der Waals surface area contributed by atoms with Gasteiger partial charge in [0.05, 0.1) is 25.4 Å². The summed E-state index contributed by atoms with van der Waals surface area (Å²) < 4.78 is 58.0. The number of phosphoric ester groups is 2. The SMILES string of the molecule is CCCCCCCCCCCCCCCCCCCCCCCC(=O)N[C@@H](COP(=O)(O)O[C@@H]1[C@H](O)[C@H](O)[C@@H](O)[C@H](O)[C@H]1O[C@@H]1O[C@H](COP(=O)(O)OC2[C@H](O)[C@H](O)C(O)[C@H](O)[C@H]2O)[C@@H](O)[C@H](O)[C@@H]1O)[C@H](O)CCCCCCCCCCCCCCC. The normalized spacial score (nSPS) is 31.7. The van der Waals surface area contributed by atoms with Crippen molar-refractivity contribution < 1.29 is 118 Å². The second kappa shape index (κ2) is 44.6. The van der Waals surface area contributed by atoms with Gasteiger partial charge < -0.3 is 91.0 Å². The standard InChI is InChI=1S/C60H117NO24P2/c1-3-5-7-9-11-13-15-17-18-19-20-21-22-23-24-26-28-30-32-34-36-38-44(63)61-41(42(62)37-35-33-31-29-27-25-16-14-12-10-8-6-4-2)39-80-86(76,77)85-59-55(74)51(70)50(69)54(73)58(59)83-60-56(75)46(65)45(64)43(82-60)40-81-87(78,79)84-57-52(71)48(67)47(66)49(68)53(57)72/h41-43,45-60,62,64-75H,3-40H2,1-2H3,(H,61,63)(H,76,77)(H,78,79)/t41-,42+,43+,45+,46-,47?,48-,49+,50+,51+,52+,53+,54-,55+,56-,57?,58+,59+,60-/m0/s1. The van der Waals surface area contributed by atoms with E-state index in [1.165, 1.54) is 148 Å². The van der Waals surface area contributed by atoms with Crippen LogP contribution < -0.4 is 5.32 Å². The van der Waals surface area contributed by atoms with Crippen molar-refractivity contribution in [3.63, 3.8) is 0 Å². The molecule has 0 radical (unpaired) electrons. The van der Waals surface area contributed by atoms with E-state index in [0.717, 1.165) is 57.8 Å². The molecule has 87 heavy (non-hydrogen) atoms. The first-order chi connectivity index (χ1) is 41.5. The minimum absolute atomic E-state index is 0.108. The summed E-state index contributed by atoms with van der Waals surface area (Å²) in [5, 5.41) is 140. The maximum absolute atomic E-state index is 13.8. The Balaban J connectivity index is 1.56. The highest BCUT2D eigenvalue weighted by molar-refractivity contribution is 7.47. The van der Waals surface area contributed by atoms with E-state index in [-0.39, 0.29) is 12.8 Å². The van der Waals surface area contributed by atoms with Crippen LogP contribution in [0.3, 0.4) is 0 Å². The maximum atomic E-state index is 13.8. The van der Waals surface area contributed by atoms with Gasteiger partial charge in [0.1, 0.15) is 97.7 Å². The minimum Gasteiger partial charge on any atom is -0.391 e. The molecule has 16 N–H and O–H groups in total. The number of amides is 1. The number of hydrogen-bond acceptors (Lipinski definition) is 22. The predicted molar refractivity (Wildman–Crippen MR) is 322 cm³/mol. The zero-order valence-electron chi connectivity index (χ0n) is 52.1. The lowest BCUT2D eigenvalue weighted by Gasteiger charge is -2.47. The molecule has 0 aromatic carbocycles. The maximum Gasteiger partial charge on any atom is 0.472 e. The smallest absolute Gasteiger partial charge is 0.391 e. The molecule has 2 saturated carbocycles. The highest BCUT2D eigenvalue weighted by atomic mass is 31.2. The van der Waals surface area contributed by atoms with Gasteiger partial charge in [-0.2, -0.15) is 0 Å². The third-order valence-electron chi connectivity index (χ3n) is 17.3. The Morgan fingerprint density at radius 3 is 1.15 bits per heavy atom. The van der Waals surface area contributed by atoms with Gasteiger partial charge >= 0.3 is 15.6 Å². The lowest BCUT2D eigenvalue weighted by molar-refractivity contribution is -0.337. The van der Waals surface area contributed by atoms with Crippen LogP contribution >= 0.6 is 15.6 Å². The molecule has 2 aliphatic carbocycles. The molecule has 1 heterocycles. The van der Waals surface area contributed by atoms with E-state index in [0.29, 0.717) is 12.8 Å². The Labute approximate surface area is 517 Å². The van der Waals surface area contributed by atoms with Crippen LogP contribution in [0.2, 0.25) is 0 Å². The molecule has 25 nitrogen and oxygen atoms in total. The summed E-state index contributed by atoms with van der Waals surface area (Å²) in [6.45, 7) is 2.41. The summed E-state index contributed by atoms with van der Waals surface area (Å²) >= 11 is 0. The number of nitrogens with one attached hydrogen (secondary N) is 1. The molecule has 27 heteroatoms. The fourth-order valence-corrected chi connectivity index (χ4v) is 13.5. The van der Waals surface area contributed by atoms with Crippen LogP contribution in [-0.2, 0) is 41.5 Å². The summed E-state index contributed by atoms with van der Waals surface area (Å²) in [4.78, 5) is 34.9. The molecule has 3 aliphatic rings. The first-order valence-corrected chi connectivity index (χ1v) is 36.2. The van der Waals surface area contributed by atoms with Crippen LogP contribution in [0.5, 0.6) is 0 Å². The molecular formula is C60H117NO24P2. The minimum atomic E-state index is -5.51. The van der Waals surface area contributed by atoms with Crippen LogP contribution in [0.25, 0.3) is 0 Å². The summed E-state index contributed by atoms with van der Waals surface area (Å²) in [5.41, 5.74) is 0. The number of ether oxygens (including phenoxy) is 2. The molecule has 1 saturated heterocycles. The van der Waals surface area contributed by atoms with Gasteiger partial charge in [0.25, 0.3) is 0 Å². The van der Waals surface area contributed by atoms with E-state index < -0.39 is 151 Å². The average Bonchev–Trinajstić information content (AvgIpc) is 1.24. The van der Waals surface area contributed by atoms with E-state index in [4.69, 9.17) is 27.6 Å². The van der Waals surface area contributed by atoms with E-state index in [9.17, 15) is 90.1 Å². The van der Waals surface area contributed by atoms with Crippen LogP contribution in [0.15, 0.2) is 0 Å². The van der Waals surface area contributed by atoms with E-state index in [1.54, 1.807) is 0 Å². The quantitative estimate of drug-likeness (QED) is 0.0268. The van der Waals surface area contributed by atoms with Gasteiger partial charge in [-0.05, 0) is 12.8 Å². The Morgan fingerprint density at radius 1 is 0.414 bits per heavy atom. The molecule has 3 fully saturated rings. The third-order valence-corrected chi connectivity index (χ3v) is 19.3. The molecule has 0 aromatic rings. The molecule has 0 aromatic heterocycles. The van der Waals surface area contributed by atoms with Gasteiger partial charge in [0, 0.05) is 6.42 Å². The molecule has 1 aliphatic heterocycles. The van der Waals surface area contributed by atoms with Gasteiger partial charge in [-0.25, -0.2) is 9.13 Å². The van der Waals surface area contributed by atoms with Crippen LogP contribution in [0.1, 0.15) is 245 Å². The van der Waals surface area contributed by atoms with Crippen LogP contribution in [-0.4, -0.2) is 211 Å². The molecule has 3 rings (SSSR count). The molecule has 516 valence electrons. The second-order valence-corrected chi connectivity index (χ2v) is 27.6. The van der Waals surface area contributed by atoms with Crippen molar-refractivity contribution >= 4 is 21.6 Å². The topological polar surface area (TPSA) is 422 Å². The molecule has 21 atom stereocenters. The number of hydrogen-bond donors (Lipinski definition) is 16. The number of carbonyl (C=O) groups excluding carboxylic acids is 1.